The Labute approximate surface area is 219 Å². The number of carbonyl (C=O) groups is 1. The van der Waals surface area contributed by atoms with Crippen LogP contribution in [-0.2, 0) is 22.4 Å². The Kier molecular flexibility index (Phi) is 5.42. The van der Waals surface area contributed by atoms with Gasteiger partial charge in [-0.3, -0.25) is 0 Å². The topological polar surface area (TPSA) is 105 Å². The van der Waals surface area contributed by atoms with E-state index in [1.807, 2.05) is 38.1 Å². The van der Waals surface area contributed by atoms with Crippen LogP contribution in [0.5, 0.6) is 5.75 Å². The number of fused-ring (bicyclic) bond motifs is 3. The van der Waals surface area contributed by atoms with Gasteiger partial charge in [-0.15, -0.1) is 0 Å². The molecule has 3 heterocycles. The Balaban J connectivity index is 1.60. The highest BCUT2D eigenvalue weighted by atomic mass is 16.6. The number of carbonyl (C=O) groups excluding carboxylic acids is 1. The molecule has 7 heteroatoms. The van der Waals surface area contributed by atoms with E-state index in [0.29, 0.717) is 35.6 Å². The van der Waals surface area contributed by atoms with Crippen molar-refractivity contribution >= 4 is 22.8 Å². The van der Waals surface area contributed by atoms with E-state index in [9.17, 15) is 9.59 Å². The predicted octanol–water partition coefficient (Wildman–Crippen LogP) is 5.10. The van der Waals surface area contributed by atoms with E-state index in [-0.39, 0.29) is 5.92 Å². The summed E-state index contributed by atoms with van der Waals surface area (Å²) in [6, 6.07) is 18.8. The fraction of sp³-hybridized carbons (Fsp3) is 0.258. The summed E-state index contributed by atoms with van der Waals surface area (Å²) in [6.45, 7) is 5.51. The number of nitrogens with zero attached hydrogens (tertiary/aromatic N) is 1. The van der Waals surface area contributed by atoms with Crippen molar-refractivity contribution in [3.8, 4) is 5.75 Å². The Morgan fingerprint density at radius 1 is 1.11 bits per heavy atom. The summed E-state index contributed by atoms with van der Waals surface area (Å²) in [6.07, 6.45) is 4.45. The first kappa shape index (κ1) is 24.0. The first-order valence-electron chi connectivity index (χ1n) is 12.6. The van der Waals surface area contributed by atoms with Crippen LogP contribution in [0.25, 0.3) is 11.0 Å². The predicted molar refractivity (Wildman–Crippen MR) is 144 cm³/mol. The summed E-state index contributed by atoms with van der Waals surface area (Å²) in [5.41, 5.74) is 8.43. The highest BCUT2D eigenvalue weighted by molar-refractivity contribution is 5.88. The molecule has 1 aliphatic heterocycles. The standard InChI is InChI=1S/C31H28N2O5/c1-4-18(2)29(35)38-30(3)15-20-7-5-6-8-23(20)28(21-9-11-26(32)33-17-21)31(30)16-22-13-19-10-12-27(34)36-24(19)14-25(22)37-31/h4-14,17,28H,15-16H2,1-3H3,(H2,32,33)/b18-4+/t28-,30+,31-/m1/s1. The number of esters is 1. The van der Waals surface area contributed by atoms with Crippen LogP contribution < -0.4 is 16.1 Å². The molecular formula is C31H28N2O5. The maximum atomic E-state index is 13.3. The van der Waals surface area contributed by atoms with Crippen LogP contribution in [0.3, 0.4) is 0 Å². The lowest BCUT2D eigenvalue weighted by atomic mass is 9.60. The summed E-state index contributed by atoms with van der Waals surface area (Å²) < 4.78 is 18.8. The lowest BCUT2D eigenvalue weighted by Crippen LogP contribution is -2.65. The number of ether oxygens (including phenoxy) is 2. The second-order valence-corrected chi connectivity index (χ2v) is 10.3. The van der Waals surface area contributed by atoms with E-state index in [1.54, 1.807) is 37.4 Å². The molecule has 1 spiro atoms. The van der Waals surface area contributed by atoms with Gasteiger partial charge < -0.3 is 19.6 Å². The number of nitrogens with two attached hydrogens (primary N) is 1. The number of hydrogen-bond donors (Lipinski definition) is 1. The third kappa shape index (κ3) is 3.61. The van der Waals surface area contributed by atoms with Crippen LogP contribution in [0, 0.1) is 0 Å². The molecule has 7 nitrogen and oxygen atoms in total. The van der Waals surface area contributed by atoms with Crippen molar-refractivity contribution < 1.29 is 18.7 Å². The van der Waals surface area contributed by atoms with Crippen molar-refractivity contribution in [1.29, 1.82) is 0 Å². The van der Waals surface area contributed by atoms with Crippen LogP contribution in [0.15, 0.2) is 87.7 Å². The third-order valence-electron chi connectivity index (χ3n) is 8.02. The number of aromatic nitrogens is 1. The van der Waals surface area contributed by atoms with Crippen LogP contribution in [0.1, 0.15) is 48.9 Å². The van der Waals surface area contributed by atoms with Gasteiger partial charge >= 0.3 is 11.6 Å². The van der Waals surface area contributed by atoms with Crippen molar-refractivity contribution in [2.24, 2.45) is 0 Å². The molecule has 2 N–H and O–H groups in total. The van der Waals surface area contributed by atoms with Gasteiger partial charge in [0.15, 0.2) is 11.2 Å². The average molecular weight is 509 g/mol. The molecule has 4 aromatic rings. The number of benzene rings is 2. The molecule has 0 radical (unpaired) electrons. The van der Waals surface area contributed by atoms with Gasteiger partial charge in [-0.05, 0) is 61.2 Å². The first-order chi connectivity index (χ1) is 18.2. The van der Waals surface area contributed by atoms with Crippen LogP contribution >= 0.6 is 0 Å². The second-order valence-electron chi connectivity index (χ2n) is 10.3. The number of allylic oxidation sites excluding steroid dienone is 1. The molecule has 0 amide bonds. The number of nitrogen functional groups attached to an aromatic ring is 1. The summed E-state index contributed by atoms with van der Waals surface area (Å²) in [5, 5.41) is 0.800. The van der Waals surface area contributed by atoms with E-state index in [1.165, 1.54) is 6.07 Å². The first-order valence-corrected chi connectivity index (χ1v) is 12.6. The molecular weight excluding hydrogens is 480 g/mol. The van der Waals surface area contributed by atoms with Gasteiger partial charge in [0.25, 0.3) is 0 Å². The van der Waals surface area contributed by atoms with E-state index in [4.69, 9.17) is 19.6 Å². The van der Waals surface area contributed by atoms with Crippen LogP contribution in [0.2, 0.25) is 0 Å². The van der Waals surface area contributed by atoms with Gasteiger partial charge in [0.2, 0.25) is 0 Å². The quantitative estimate of drug-likeness (QED) is 0.233. The zero-order valence-corrected chi connectivity index (χ0v) is 21.5. The van der Waals surface area contributed by atoms with E-state index >= 15 is 0 Å². The molecule has 3 atom stereocenters. The number of hydrogen-bond acceptors (Lipinski definition) is 7. The Morgan fingerprint density at radius 2 is 1.92 bits per heavy atom. The summed E-state index contributed by atoms with van der Waals surface area (Å²) in [5.74, 6) is 0.303. The minimum Gasteiger partial charge on any atom is -0.481 e. The summed E-state index contributed by atoms with van der Waals surface area (Å²) in [7, 11) is 0. The zero-order chi connectivity index (χ0) is 26.7. The lowest BCUT2D eigenvalue weighted by molar-refractivity contribution is -0.184. The maximum absolute atomic E-state index is 13.3. The SMILES string of the molecule is C/C=C(\C)C(=O)O[C@@]1(C)Cc2ccccc2[C@@H](c2ccc(N)nc2)[C@]12Cc1cc3ccc(=O)oc3cc1O2. The van der Waals surface area contributed by atoms with Gasteiger partial charge in [-0.25, -0.2) is 14.6 Å². The van der Waals surface area contributed by atoms with Crippen molar-refractivity contribution in [1.82, 2.24) is 4.98 Å². The fourth-order valence-corrected chi connectivity index (χ4v) is 5.96. The Morgan fingerprint density at radius 3 is 2.68 bits per heavy atom. The maximum Gasteiger partial charge on any atom is 0.336 e. The van der Waals surface area contributed by atoms with Crippen molar-refractivity contribution in [3.05, 3.63) is 111 Å². The smallest absolute Gasteiger partial charge is 0.336 e. The minimum atomic E-state index is -1.05. The third-order valence-corrected chi connectivity index (χ3v) is 8.02. The lowest BCUT2D eigenvalue weighted by Gasteiger charge is -2.52. The van der Waals surface area contributed by atoms with Crippen LogP contribution in [0.4, 0.5) is 5.82 Å². The zero-order valence-electron chi connectivity index (χ0n) is 21.5. The Hall–Kier alpha value is -4.39. The Bertz CT molecular complexity index is 1670. The van der Waals surface area contributed by atoms with Gasteiger partial charge in [0.1, 0.15) is 17.2 Å². The fourth-order valence-electron chi connectivity index (χ4n) is 5.96. The molecule has 0 saturated heterocycles. The monoisotopic (exact) mass is 508 g/mol. The molecule has 0 saturated carbocycles. The molecule has 0 fully saturated rings. The van der Waals surface area contributed by atoms with Crippen molar-refractivity contribution in [3.63, 3.8) is 0 Å². The van der Waals surface area contributed by atoms with Gasteiger partial charge in [-0.2, -0.15) is 0 Å². The molecule has 2 aromatic carbocycles. The van der Waals surface area contributed by atoms with Gasteiger partial charge in [0, 0.05) is 42.1 Å². The van der Waals surface area contributed by atoms with E-state index in [2.05, 4.69) is 17.1 Å². The molecule has 6 rings (SSSR count). The van der Waals surface area contributed by atoms with E-state index in [0.717, 1.165) is 27.6 Å². The average Bonchev–Trinajstić information content (AvgIpc) is 3.27. The van der Waals surface area contributed by atoms with Gasteiger partial charge in [-0.1, -0.05) is 36.4 Å². The number of rotatable bonds is 3. The highest BCUT2D eigenvalue weighted by Crippen LogP contribution is 2.57. The van der Waals surface area contributed by atoms with Gasteiger partial charge in [0.05, 0.1) is 5.92 Å². The summed E-state index contributed by atoms with van der Waals surface area (Å²) in [4.78, 5) is 29.6. The highest BCUT2D eigenvalue weighted by Gasteiger charge is 2.64. The number of anilines is 1. The molecule has 1 aliphatic carbocycles. The summed E-state index contributed by atoms with van der Waals surface area (Å²) >= 11 is 0. The van der Waals surface area contributed by atoms with E-state index < -0.39 is 22.8 Å². The molecule has 2 aliphatic rings. The largest absolute Gasteiger partial charge is 0.481 e. The number of pyridine rings is 1. The van der Waals surface area contributed by atoms with Crippen molar-refractivity contribution in [2.45, 2.75) is 50.7 Å². The molecule has 0 unspecified atom stereocenters. The van der Waals surface area contributed by atoms with Crippen molar-refractivity contribution in [2.75, 3.05) is 5.73 Å². The normalized spacial score (nSPS) is 24.1. The molecule has 38 heavy (non-hydrogen) atoms. The molecule has 192 valence electrons. The molecule has 0 bridgehead atoms. The second kappa shape index (κ2) is 8.58. The van der Waals surface area contributed by atoms with Crippen LogP contribution in [-0.4, -0.2) is 22.2 Å². The molecule has 2 aromatic heterocycles. The minimum absolute atomic E-state index is 0.327.